The average molecular weight is 272 g/mol. The zero-order valence-electron chi connectivity index (χ0n) is 13.2. The zero-order valence-corrected chi connectivity index (χ0v) is 13.2. The third kappa shape index (κ3) is 2.58. The van der Waals surface area contributed by atoms with Gasteiger partial charge >= 0.3 is 0 Å². The molecule has 108 valence electrons. The minimum atomic E-state index is -0.572. The highest BCUT2D eigenvalue weighted by Crippen LogP contribution is 2.34. The predicted molar refractivity (Wildman–Crippen MR) is 84.0 cm³/mol. The van der Waals surface area contributed by atoms with Gasteiger partial charge in [-0.2, -0.15) is 0 Å². The molecule has 0 aliphatic rings. The van der Waals surface area contributed by atoms with Gasteiger partial charge in [-0.05, 0) is 53.2 Å². The third-order valence-corrected chi connectivity index (χ3v) is 3.57. The van der Waals surface area contributed by atoms with Gasteiger partial charge in [0.15, 0.2) is 0 Å². The molecule has 0 bridgehead atoms. The molecule has 0 saturated heterocycles. The van der Waals surface area contributed by atoms with Crippen LogP contribution in [0.5, 0.6) is 0 Å². The molecule has 2 N–H and O–H groups in total. The summed E-state index contributed by atoms with van der Waals surface area (Å²) in [7, 11) is 0. The summed E-state index contributed by atoms with van der Waals surface area (Å²) in [6.45, 7) is 12.0. The molecule has 0 atom stereocenters. The van der Waals surface area contributed by atoms with Gasteiger partial charge in [-0.3, -0.25) is 4.79 Å². The van der Waals surface area contributed by atoms with Crippen LogP contribution in [0.25, 0.3) is 10.9 Å². The van der Waals surface area contributed by atoms with Gasteiger partial charge < -0.3 is 10.3 Å². The summed E-state index contributed by atoms with van der Waals surface area (Å²) in [4.78, 5) is 16.0. The van der Waals surface area contributed by atoms with Crippen LogP contribution in [0, 0.1) is 6.92 Å². The van der Waals surface area contributed by atoms with E-state index in [1.165, 1.54) is 0 Å². The van der Waals surface area contributed by atoms with Crippen LogP contribution in [0.15, 0.2) is 24.3 Å². The first kappa shape index (κ1) is 14.6. The van der Waals surface area contributed by atoms with Crippen molar-refractivity contribution in [3.8, 4) is 0 Å². The Kier molecular flexibility index (Phi) is 3.41. The van der Waals surface area contributed by atoms with Crippen LogP contribution >= 0.6 is 0 Å². The van der Waals surface area contributed by atoms with Crippen LogP contribution in [-0.2, 0) is 10.2 Å². The number of aryl methyl sites for hydroxylation is 1. The molecule has 0 aliphatic heterocycles. The number of aromatic nitrogens is 1. The number of hydrogen-bond donors (Lipinski definition) is 2. The van der Waals surface area contributed by atoms with Crippen LogP contribution < -0.4 is 5.32 Å². The van der Waals surface area contributed by atoms with E-state index in [2.05, 4.69) is 16.4 Å². The van der Waals surface area contributed by atoms with E-state index in [4.69, 9.17) is 0 Å². The molecule has 0 radical (unpaired) electrons. The van der Waals surface area contributed by atoms with Crippen molar-refractivity contribution in [1.29, 1.82) is 0 Å². The third-order valence-electron chi connectivity index (χ3n) is 3.57. The maximum atomic E-state index is 12.6. The fourth-order valence-corrected chi connectivity index (χ4v) is 2.69. The Morgan fingerprint density at radius 1 is 1.10 bits per heavy atom. The summed E-state index contributed by atoms with van der Waals surface area (Å²) >= 11 is 0. The average Bonchev–Trinajstić information content (AvgIpc) is 2.62. The molecule has 3 heteroatoms. The lowest BCUT2D eigenvalue weighted by Crippen LogP contribution is -2.49. The van der Waals surface area contributed by atoms with Gasteiger partial charge in [0.25, 0.3) is 0 Å². The second-order valence-corrected chi connectivity index (χ2v) is 7.00. The maximum Gasteiger partial charge on any atom is 0.230 e. The lowest BCUT2D eigenvalue weighted by Gasteiger charge is -2.30. The molecule has 2 aromatic rings. The summed E-state index contributed by atoms with van der Waals surface area (Å²) in [5.74, 6) is 0.0536. The molecule has 1 heterocycles. The van der Waals surface area contributed by atoms with Gasteiger partial charge in [0.2, 0.25) is 5.91 Å². The topological polar surface area (TPSA) is 44.9 Å². The van der Waals surface area contributed by atoms with E-state index in [0.717, 1.165) is 22.2 Å². The molecule has 1 aromatic heterocycles. The number of aromatic amines is 1. The Morgan fingerprint density at radius 2 is 1.70 bits per heavy atom. The van der Waals surface area contributed by atoms with Gasteiger partial charge in [-0.1, -0.05) is 18.2 Å². The van der Waals surface area contributed by atoms with E-state index >= 15 is 0 Å². The highest BCUT2D eigenvalue weighted by atomic mass is 16.2. The number of carbonyl (C=O) groups excluding carboxylic acids is 1. The van der Waals surface area contributed by atoms with E-state index in [1.54, 1.807) is 0 Å². The van der Waals surface area contributed by atoms with Crippen LogP contribution in [0.4, 0.5) is 0 Å². The normalized spacial score (nSPS) is 12.7. The number of nitrogens with one attached hydrogen (secondary N) is 2. The first-order chi connectivity index (χ1) is 9.13. The summed E-state index contributed by atoms with van der Waals surface area (Å²) < 4.78 is 0. The summed E-state index contributed by atoms with van der Waals surface area (Å²) in [6, 6.07) is 8.13. The van der Waals surface area contributed by atoms with E-state index in [9.17, 15) is 4.79 Å². The largest absolute Gasteiger partial charge is 0.358 e. The van der Waals surface area contributed by atoms with Crippen LogP contribution in [0.1, 0.15) is 45.9 Å². The molecule has 0 saturated carbocycles. The van der Waals surface area contributed by atoms with Crippen LogP contribution in [-0.4, -0.2) is 16.4 Å². The number of rotatable bonds is 2. The first-order valence-corrected chi connectivity index (χ1v) is 7.03. The summed E-state index contributed by atoms with van der Waals surface area (Å²) in [6.07, 6.45) is 0. The van der Waals surface area contributed by atoms with Gasteiger partial charge in [-0.15, -0.1) is 0 Å². The smallest absolute Gasteiger partial charge is 0.230 e. The molecule has 3 nitrogen and oxygen atoms in total. The molecule has 1 aromatic carbocycles. The number of fused-ring (bicyclic) bond motifs is 1. The Balaban J connectivity index is 2.51. The Labute approximate surface area is 120 Å². The van der Waals surface area contributed by atoms with E-state index < -0.39 is 5.41 Å². The van der Waals surface area contributed by atoms with E-state index in [-0.39, 0.29) is 11.4 Å². The molecular weight excluding hydrogens is 248 g/mol. The number of H-pyrrole nitrogens is 1. The van der Waals surface area contributed by atoms with Crippen molar-refractivity contribution in [2.24, 2.45) is 0 Å². The predicted octanol–water partition coefficient (Wildman–Crippen LogP) is 3.67. The Morgan fingerprint density at radius 3 is 2.30 bits per heavy atom. The minimum Gasteiger partial charge on any atom is -0.358 e. The second kappa shape index (κ2) is 4.65. The molecule has 20 heavy (non-hydrogen) atoms. The number of benzene rings is 1. The van der Waals surface area contributed by atoms with Gasteiger partial charge in [0.05, 0.1) is 5.41 Å². The number of carbonyl (C=O) groups is 1. The Hall–Kier alpha value is -1.77. The van der Waals surface area contributed by atoms with Gasteiger partial charge in [-0.25, -0.2) is 0 Å². The molecule has 0 spiro atoms. The molecule has 0 fully saturated rings. The van der Waals surface area contributed by atoms with Gasteiger partial charge in [0.1, 0.15) is 0 Å². The van der Waals surface area contributed by atoms with Crippen molar-refractivity contribution < 1.29 is 4.79 Å². The summed E-state index contributed by atoms with van der Waals surface area (Å²) in [5.41, 5.74) is 2.41. The lowest BCUT2D eigenvalue weighted by molar-refractivity contribution is -0.127. The van der Waals surface area contributed by atoms with Crippen molar-refractivity contribution in [3.05, 3.63) is 35.5 Å². The SMILES string of the molecule is Cc1[nH]c2ccccc2c1C(C)(C)C(=O)NC(C)(C)C. The standard InChI is InChI=1S/C17H24N2O/c1-11-14(12-9-7-8-10-13(12)18-11)17(5,6)15(20)19-16(2,3)4/h7-10,18H,1-6H3,(H,19,20). The van der Waals surface area contributed by atoms with E-state index in [1.807, 2.05) is 59.7 Å². The van der Waals surface area contributed by atoms with Gasteiger partial charge in [0, 0.05) is 22.1 Å². The zero-order chi connectivity index (χ0) is 15.1. The quantitative estimate of drug-likeness (QED) is 0.861. The van der Waals surface area contributed by atoms with Crippen LogP contribution in [0.2, 0.25) is 0 Å². The number of hydrogen-bond acceptors (Lipinski definition) is 1. The first-order valence-electron chi connectivity index (χ1n) is 7.03. The number of para-hydroxylation sites is 1. The highest BCUT2D eigenvalue weighted by Gasteiger charge is 2.35. The monoisotopic (exact) mass is 272 g/mol. The minimum absolute atomic E-state index is 0.0536. The number of amides is 1. The van der Waals surface area contributed by atoms with Crippen molar-refractivity contribution >= 4 is 16.8 Å². The lowest BCUT2D eigenvalue weighted by atomic mass is 9.81. The van der Waals surface area contributed by atoms with Crippen molar-refractivity contribution in [1.82, 2.24) is 10.3 Å². The second-order valence-electron chi connectivity index (χ2n) is 7.00. The molecular formula is C17H24N2O. The van der Waals surface area contributed by atoms with Crippen molar-refractivity contribution in [2.75, 3.05) is 0 Å². The molecule has 0 aliphatic carbocycles. The van der Waals surface area contributed by atoms with Crippen LogP contribution in [0.3, 0.4) is 0 Å². The molecule has 2 rings (SSSR count). The summed E-state index contributed by atoms with van der Waals surface area (Å²) in [5, 5.41) is 4.21. The fourth-order valence-electron chi connectivity index (χ4n) is 2.69. The molecule has 0 unspecified atom stereocenters. The van der Waals surface area contributed by atoms with Crippen molar-refractivity contribution in [3.63, 3.8) is 0 Å². The Bertz CT molecular complexity index is 645. The molecule has 1 amide bonds. The highest BCUT2D eigenvalue weighted by molar-refractivity contribution is 5.95. The van der Waals surface area contributed by atoms with E-state index in [0.29, 0.717) is 0 Å². The van der Waals surface area contributed by atoms with Crippen molar-refractivity contribution in [2.45, 2.75) is 52.5 Å². The maximum absolute atomic E-state index is 12.6. The fraction of sp³-hybridized carbons (Fsp3) is 0.471.